The second-order valence-electron chi connectivity index (χ2n) is 11.9. The van der Waals surface area contributed by atoms with E-state index in [1.807, 2.05) is 48.5 Å². The zero-order chi connectivity index (χ0) is 22.2. The lowest BCUT2D eigenvalue weighted by Gasteiger charge is -2.44. The van der Waals surface area contributed by atoms with Crippen LogP contribution in [0.5, 0.6) is 0 Å². The van der Waals surface area contributed by atoms with Crippen LogP contribution < -0.4 is 0 Å². The lowest BCUT2D eigenvalue weighted by Crippen LogP contribution is -2.61. The van der Waals surface area contributed by atoms with Gasteiger partial charge in [0.15, 0.2) is 0 Å². The summed E-state index contributed by atoms with van der Waals surface area (Å²) in [6, 6.07) is 0. The first-order valence-electron chi connectivity index (χ1n) is 10.1. The van der Waals surface area contributed by atoms with Crippen LogP contribution in [0.1, 0.15) is 95.4 Å². The fourth-order valence-electron chi connectivity index (χ4n) is 2.87. The summed E-state index contributed by atoms with van der Waals surface area (Å²) in [5.41, 5.74) is -2.42. The van der Waals surface area contributed by atoms with Crippen molar-refractivity contribution in [3.63, 3.8) is 0 Å². The molecule has 1 aliphatic rings. The Morgan fingerprint density at radius 3 is 1.75 bits per heavy atom. The average molecular weight is 401 g/mol. The first-order chi connectivity index (χ1) is 12.3. The molecule has 164 valence electrons. The Kier molecular flexibility index (Phi) is 7.06. The van der Waals surface area contributed by atoms with Gasteiger partial charge in [0.2, 0.25) is 5.60 Å². The molecule has 0 radical (unpaired) electrons. The van der Waals surface area contributed by atoms with E-state index >= 15 is 0 Å². The number of rotatable bonds is 5. The summed E-state index contributed by atoms with van der Waals surface area (Å²) in [5, 5.41) is 0. The molecule has 6 nitrogen and oxygen atoms in total. The van der Waals surface area contributed by atoms with E-state index in [9.17, 15) is 9.59 Å². The molecular weight excluding hydrogens is 360 g/mol. The van der Waals surface area contributed by atoms with Crippen LogP contribution in [0.4, 0.5) is 0 Å². The topological polar surface area (TPSA) is 71.1 Å². The molecule has 1 heterocycles. The normalized spacial score (nSPS) is 25.5. The van der Waals surface area contributed by atoms with Crippen LogP contribution in [-0.4, -0.2) is 23.6 Å². The van der Waals surface area contributed by atoms with Crippen molar-refractivity contribution in [3.8, 4) is 0 Å². The van der Waals surface area contributed by atoms with Crippen LogP contribution in [-0.2, 0) is 29.1 Å². The first kappa shape index (κ1) is 24.9. The van der Waals surface area contributed by atoms with Gasteiger partial charge in [-0.1, -0.05) is 62.3 Å². The summed E-state index contributed by atoms with van der Waals surface area (Å²) >= 11 is 0. The van der Waals surface area contributed by atoms with Gasteiger partial charge in [-0.2, -0.15) is 0 Å². The lowest BCUT2D eigenvalue weighted by atomic mass is 9.64. The Morgan fingerprint density at radius 1 is 0.857 bits per heavy atom. The third-order valence-corrected chi connectivity index (χ3v) is 5.83. The van der Waals surface area contributed by atoms with Gasteiger partial charge in [0, 0.05) is 0 Å². The molecule has 3 unspecified atom stereocenters. The number of carbonyl (C=O) groups excluding carboxylic acids is 2. The molecule has 1 saturated heterocycles. The highest BCUT2D eigenvalue weighted by Gasteiger charge is 2.57. The minimum atomic E-state index is -1.28. The molecule has 0 bridgehead atoms. The first-order valence-corrected chi connectivity index (χ1v) is 10.1. The van der Waals surface area contributed by atoms with Gasteiger partial charge < -0.3 is 0 Å². The largest absolute Gasteiger partial charge is 0.392 e. The Hall–Kier alpha value is -1.14. The lowest BCUT2D eigenvalue weighted by molar-refractivity contribution is -0.499. The van der Waals surface area contributed by atoms with Crippen LogP contribution in [0.3, 0.4) is 0 Å². The molecule has 1 aliphatic heterocycles. The summed E-state index contributed by atoms with van der Waals surface area (Å²) in [4.78, 5) is 45.6. The number of hydrogen-bond acceptors (Lipinski definition) is 6. The van der Waals surface area contributed by atoms with Crippen LogP contribution >= 0.6 is 0 Å². The Labute approximate surface area is 170 Å². The summed E-state index contributed by atoms with van der Waals surface area (Å²) in [5.74, 6) is -1.30. The van der Waals surface area contributed by atoms with Gasteiger partial charge in [0.25, 0.3) is 0 Å². The van der Waals surface area contributed by atoms with E-state index in [-0.39, 0.29) is 16.2 Å². The maximum Gasteiger partial charge on any atom is 0.392 e. The van der Waals surface area contributed by atoms with E-state index < -0.39 is 29.1 Å². The van der Waals surface area contributed by atoms with Gasteiger partial charge in [0.1, 0.15) is 6.10 Å². The SMILES string of the molecule is CC(C)(C)CCC(C)(C(=O)OOC(=O)C1(C)OOC1CC(C)(C)C)C(C)(C)C. The van der Waals surface area contributed by atoms with Crippen LogP contribution in [0, 0.1) is 21.7 Å². The molecule has 0 aromatic rings. The molecular formula is C22H40O6. The summed E-state index contributed by atoms with van der Waals surface area (Å²) in [7, 11) is 0. The van der Waals surface area contributed by atoms with Gasteiger partial charge in [-0.3, -0.25) is 0 Å². The Bertz CT molecular complexity index is 577. The fraction of sp³-hybridized carbons (Fsp3) is 0.909. The summed E-state index contributed by atoms with van der Waals surface area (Å²) in [6.07, 6.45) is 1.62. The van der Waals surface area contributed by atoms with Gasteiger partial charge in [0.05, 0.1) is 5.41 Å². The maximum absolute atomic E-state index is 12.9. The molecule has 0 N–H and O–H groups in total. The predicted octanol–water partition coefficient (Wildman–Crippen LogP) is 5.39. The number of carbonyl (C=O) groups is 2. The van der Waals surface area contributed by atoms with E-state index in [0.29, 0.717) is 12.8 Å². The van der Waals surface area contributed by atoms with Crippen molar-refractivity contribution in [1.29, 1.82) is 0 Å². The quantitative estimate of drug-likeness (QED) is 0.455. The highest BCUT2D eigenvalue weighted by atomic mass is 17.3. The van der Waals surface area contributed by atoms with E-state index in [2.05, 4.69) is 20.8 Å². The van der Waals surface area contributed by atoms with Crippen LogP contribution in [0.15, 0.2) is 0 Å². The fourth-order valence-corrected chi connectivity index (χ4v) is 2.87. The zero-order valence-corrected chi connectivity index (χ0v) is 19.6. The van der Waals surface area contributed by atoms with Gasteiger partial charge in [-0.15, -0.1) is 0 Å². The molecule has 0 aromatic carbocycles. The highest BCUT2D eigenvalue weighted by Crippen LogP contribution is 2.45. The average Bonchev–Trinajstić information content (AvgIpc) is 2.50. The van der Waals surface area contributed by atoms with Crippen molar-refractivity contribution >= 4 is 11.9 Å². The highest BCUT2D eigenvalue weighted by molar-refractivity contribution is 5.82. The third kappa shape index (κ3) is 5.93. The monoisotopic (exact) mass is 400 g/mol. The Balaban J connectivity index is 2.80. The van der Waals surface area contributed by atoms with Gasteiger partial charge in [-0.25, -0.2) is 29.1 Å². The molecule has 28 heavy (non-hydrogen) atoms. The maximum atomic E-state index is 12.9. The molecule has 1 fully saturated rings. The third-order valence-electron chi connectivity index (χ3n) is 5.83. The van der Waals surface area contributed by atoms with Crippen molar-refractivity contribution in [1.82, 2.24) is 0 Å². The summed E-state index contributed by atoms with van der Waals surface area (Å²) in [6.45, 7) is 21.9. The molecule has 6 heteroatoms. The standard InChI is InChI=1S/C22H40O6/c1-18(2,3)12-13-21(10,20(7,8)9)16(23)26-27-17(24)22(11)15(25-28-22)14-19(4,5)6/h15H,12-14H2,1-11H3. The van der Waals surface area contributed by atoms with E-state index in [0.717, 1.165) is 6.42 Å². The minimum Gasteiger partial charge on any atom is -0.247 e. The summed E-state index contributed by atoms with van der Waals surface area (Å²) < 4.78 is 0. The van der Waals surface area contributed by atoms with Crippen LogP contribution in [0.25, 0.3) is 0 Å². The van der Waals surface area contributed by atoms with Crippen molar-refractivity contribution < 1.29 is 29.1 Å². The predicted molar refractivity (Wildman–Crippen MR) is 107 cm³/mol. The smallest absolute Gasteiger partial charge is 0.247 e. The molecule has 3 atom stereocenters. The van der Waals surface area contributed by atoms with Crippen molar-refractivity contribution in [2.24, 2.45) is 21.7 Å². The van der Waals surface area contributed by atoms with E-state index in [4.69, 9.17) is 19.6 Å². The molecule has 0 amide bonds. The van der Waals surface area contributed by atoms with Gasteiger partial charge >= 0.3 is 11.9 Å². The Morgan fingerprint density at radius 2 is 1.39 bits per heavy atom. The second kappa shape index (κ2) is 7.94. The molecule has 0 aromatic heterocycles. The number of hydrogen-bond donors (Lipinski definition) is 0. The van der Waals surface area contributed by atoms with Crippen LogP contribution in [0.2, 0.25) is 0 Å². The second-order valence-corrected chi connectivity index (χ2v) is 11.9. The van der Waals surface area contributed by atoms with Crippen molar-refractivity contribution in [2.75, 3.05) is 0 Å². The van der Waals surface area contributed by atoms with Crippen molar-refractivity contribution in [3.05, 3.63) is 0 Å². The zero-order valence-electron chi connectivity index (χ0n) is 19.6. The van der Waals surface area contributed by atoms with Gasteiger partial charge in [-0.05, 0) is 49.4 Å². The molecule has 1 rings (SSSR count). The minimum absolute atomic E-state index is 0.0512. The molecule has 0 aliphatic carbocycles. The van der Waals surface area contributed by atoms with E-state index in [1.54, 1.807) is 6.92 Å². The van der Waals surface area contributed by atoms with Crippen molar-refractivity contribution in [2.45, 2.75) is 107 Å². The van der Waals surface area contributed by atoms with E-state index in [1.165, 1.54) is 0 Å². The molecule has 0 saturated carbocycles. The molecule has 0 spiro atoms.